The molecule has 0 nitrogen and oxygen atoms in total. The highest BCUT2D eigenvalue weighted by molar-refractivity contribution is 5.74. The van der Waals surface area contributed by atoms with Gasteiger partial charge in [0.2, 0.25) is 0 Å². The Morgan fingerprint density at radius 2 is 1.57 bits per heavy atom. The van der Waals surface area contributed by atoms with Crippen molar-refractivity contribution in [3.63, 3.8) is 0 Å². The Hall–Kier alpha value is -1.70. The molecule has 2 rings (SSSR count). The molecule has 0 spiro atoms. The fourth-order valence-corrected chi connectivity index (χ4v) is 1.34. The molecule has 0 saturated carbocycles. The standard InChI is InChI=1S/C12H8F2/c13-11-8-4-2-6-9-5-1-3-7-10(9)12(11)14/h1-8H/b4-2?,6-2-,8-4?,9-6?,11-8?,12-10?,12-11?. The van der Waals surface area contributed by atoms with Gasteiger partial charge in [-0.05, 0) is 11.6 Å². The number of halogens is 2. The molecule has 0 N–H and O–H groups in total. The average Bonchev–Trinajstić information content (AvgIpc) is 2.22. The molecule has 0 bridgehead atoms. The molecule has 2 heteroatoms. The van der Waals surface area contributed by atoms with Gasteiger partial charge in [-0.3, -0.25) is 0 Å². The summed E-state index contributed by atoms with van der Waals surface area (Å²) in [5.41, 5.74) is 0.982. The maximum absolute atomic E-state index is 13.4. The van der Waals surface area contributed by atoms with Gasteiger partial charge in [0.1, 0.15) is 0 Å². The van der Waals surface area contributed by atoms with Gasteiger partial charge in [-0.1, -0.05) is 42.5 Å². The van der Waals surface area contributed by atoms with E-state index >= 15 is 0 Å². The van der Waals surface area contributed by atoms with Crippen molar-refractivity contribution in [2.24, 2.45) is 0 Å². The first-order chi connectivity index (χ1) is 6.79. The maximum atomic E-state index is 13.4. The second-order valence-corrected chi connectivity index (χ2v) is 2.97. The van der Waals surface area contributed by atoms with Gasteiger partial charge < -0.3 is 0 Å². The van der Waals surface area contributed by atoms with Crippen LogP contribution >= 0.6 is 0 Å². The molecule has 0 unspecified atom stereocenters. The summed E-state index contributed by atoms with van der Waals surface area (Å²) in [4.78, 5) is 0. The molecule has 0 saturated heterocycles. The SMILES string of the molecule is FC1=C(F)c2ccccc2/C=C\C=C1. The molecular formula is C12H8F2. The van der Waals surface area contributed by atoms with E-state index in [2.05, 4.69) is 0 Å². The lowest BCUT2D eigenvalue weighted by atomic mass is 10.0. The van der Waals surface area contributed by atoms with Gasteiger partial charge in [0.15, 0.2) is 11.7 Å². The van der Waals surface area contributed by atoms with Gasteiger partial charge in [0.25, 0.3) is 0 Å². The zero-order valence-corrected chi connectivity index (χ0v) is 7.37. The van der Waals surface area contributed by atoms with E-state index in [1.165, 1.54) is 6.08 Å². The van der Waals surface area contributed by atoms with Gasteiger partial charge >= 0.3 is 0 Å². The van der Waals surface area contributed by atoms with E-state index < -0.39 is 11.7 Å². The zero-order valence-electron chi connectivity index (χ0n) is 7.37. The van der Waals surface area contributed by atoms with Crippen LogP contribution in [-0.2, 0) is 0 Å². The van der Waals surface area contributed by atoms with Crippen molar-refractivity contribution in [3.05, 3.63) is 59.4 Å². The molecule has 0 radical (unpaired) electrons. The zero-order chi connectivity index (χ0) is 9.97. The van der Waals surface area contributed by atoms with Crippen LogP contribution in [0.25, 0.3) is 11.9 Å². The first-order valence-electron chi connectivity index (χ1n) is 4.28. The van der Waals surface area contributed by atoms with Crippen LogP contribution in [0, 0.1) is 0 Å². The summed E-state index contributed by atoms with van der Waals surface area (Å²) in [6, 6.07) is 6.79. The predicted molar refractivity (Wildman–Crippen MR) is 53.8 cm³/mol. The molecule has 0 amide bonds. The molecule has 0 fully saturated rings. The molecule has 1 aliphatic carbocycles. The van der Waals surface area contributed by atoms with E-state index in [0.717, 1.165) is 6.08 Å². The van der Waals surface area contributed by atoms with Crippen LogP contribution in [-0.4, -0.2) is 0 Å². The molecule has 70 valence electrons. The minimum Gasteiger partial charge on any atom is -0.204 e. The van der Waals surface area contributed by atoms with Crippen LogP contribution in [0.1, 0.15) is 11.1 Å². The van der Waals surface area contributed by atoms with Crippen molar-refractivity contribution >= 4 is 11.9 Å². The summed E-state index contributed by atoms with van der Waals surface area (Å²) >= 11 is 0. The average molecular weight is 190 g/mol. The highest BCUT2D eigenvalue weighted by Crippen LogP contribution is 2.27. The number of hydrogen-bond donors (Lipinski definition) is 0. The van der Waals surface area contributed by atoms with Crippen LogP contribution in [0.3, 0.4) is 0 Å². The smallest absolute Gasteiger partial charge is 0.166 e. The lowest BCUT2D eigenvalue weighted by molar-refractivity contribution is 0.628. The van der Waals surface area contributed by atoms with Crippen molar-refractivity contribution in [3.8, 4) is 0 Å². The third-order valence-corrected chi connectivity index (χ3v) is 2.04. The van der Waals surface area contributed by atoms with Gasteiger partial charge in [0.05, 0.1) is 0 Å². The van der Waals surface area contributed by atoms with Crippen LogP contribution < -0.4 is 0 Å². The minimum absolute atomic E-state index is 0.297. The second-order valence-electron chi connectivity index (χ2n) is 2.97. The molecule has 0 heterocycles. The van der Waals surface area contributed by atoms with Gasteiger partial charge in [0, 0.05) is 5.56 Å². The Kier molecular flexibility index (Phi) is 2.27. The second kappa shape index (κ2) is 3.58. The van der Waals surface area contributed by atoms with E-state index in [-0.39, 0.29) is 0 Å². The maximum Gasteiger partial charge on any atom is 0.166 e. The highest BCUT2D eigenvalue weighted by atomic mass is 19.2. The summed E-state index contributed by atoms with van der Waals surface area (Å²) in [6.07, 6.45) is 6.02. The molecule has 1 aromatic rings. The molecule has 1 aliphatic rings. The first-order valence-corrected chi connectivity index (χ1v) is 4.28. The Bertz CT molecular complexity index is 439. The largest absolute Gasteiger partial charge is 0.204 e. The summed E-state index contributed by atoms with van der Waals surface area (Å²) in [5, 5.41) is 0. The fourth-order valence-electron chi connectivity index (χ4n) is 1.34. The highest BCUT2D eigenvalue weighted by Gasteiger charge is 2.10. The lowest BCUT2D eigenvalue weighted by Crippen LogP contribution is -1.87. The number of benzene rings is 1. The van der Waals surface area contributed by atoms with Crippen LogP contribution in [0.15, 0.2) is 48.3 Å². The van der Waals surface area contributed by atoms with Crippen molar-refractivity contribution in [2.45, 2.75) is 0 Å². The minimum atomic E-state index is -0.832. The lowest BCUT2D eigenvalue weighted by Gasteiger charge is -2.04. The number of hydrogen-bond acceptors (Lipinski definition) is 0. The monoisotopic (exact) mass is 190 g/mol. The summed E-state index contributed by atoms with van der Waals surface area (Å²) in [7, 11) is 0. The van der Waals surface area contributed by atoms with E-state index in [4.69, 9.17) is 0 Å². The molecule has 1 aromatic carbocycles. The van der Waals surface area contributed by atoms with Crippen LogP contribution in [0.5, 0.6) is 0 Å². The number of allylic oxidation sites excluding steroid dienone is 4. The van der Waals surface area contributed by atoms with Crippen LogP contribution in [0.2, 0.25) is 0 Å². The Morgan fingerprint density at radius 1 is 0.857 bits per heavy atom. The number of rotatable bonds is 0. The van der Waals surface area contributed by atoms with Crippen molar-refractivity contribution in [2.75, 3.05) is 0 Å². The molecule has 0 atom stereocenters. The van der Waals surface area contributed by atoms with Crippen molar-refractivity contribution in [1.82, 2.24) is 0 Å². The van der Waals surface area contributed by atoms with Crippen LogP contribution in [0.4, 0.5) is 8.78 Å². The Balaban J connectivity index is 2.67. The quantitative estimate of drug-likeness (QED) is 0.582. The molecular weight excluding hydrogens is 182 g/mol. The Morgan fingerprint density at radius 3 is 2.43 bits per heavy atom. The molecule has 0 aromatic heterocycles. The van der Waals surface area contributed by atoms with Crippen molar-refractivity contribution in [1.29, 1.82) is 0 Å². The van der Waals surface area contributed by atoms with Gasteiger partial charge in [-0.2, -0.15) is 0 Å². The first kappa shape index (κ1) is 8.88. The number of fused-ring (bicyclic) bond motifs is 1. The van der Waals surface area contributed by atoms with E-state index in [1.807, 2.05) is 0 Å². The Labute approximate surface area is 80.9 Å². The third kappa shape index (κ3) is 1.51. The van der Waals surface area contributed by atoms with E-state index in [0.29, 0.717) is 11.1 Å². The molecule has 14 heavy (non-hydrogen) atoms. The van der Waals surface area contributed by atoms with Gasteiger partial charge in [-0.25, -0.2) is 8.78 Å². The normalized spacial score (nSPS) is 17.3. The van der Waals surface area contributed by atoms with Crippen molar-refractivity contribution < 1.29 is 8.78 Å². The molecule has 0 aliphatic heterocycles. The van der Waals surface area contributed by atoms with E-state index in [9.17, 15) is 8.78 Å². The predicted octanol–water partition coefficient (Wildman–Crippen LogP) is 3.88. The summed E-state index contributed by atoms with van der Waals surface area (Å²) < 4.78 is 26.5. The summed E-state index contributed by atoms with van der Waals surface area (Å²) in [6.45, 7) is 0. The topological polar surface area (TPSA) is 0 Å². The fraction of sp³-hybridized carbons (Fsp3) is 0. The summed E-state index contributed by atoms with van der Waals surface area (Å²) in [5.74, 6) is -1.64. The van der Waals surface area contributed by atoms with Gasteiger partial charge in [-0.15, -0.1) is 0 Å². The third-order valence-electron chi connectivity index (χ3n) is 2.04. The van der Waals surface area contributed by atoms with E-state index in [1.54, 1.807) is 36.4 Å².